The van der Waals surface area contributed by atoms with Gasteiger partial charge < -0.3 is 15.1 Å². The first-order valence-corrected chi connectivity index (χ1v) is 10.7. The maximum Gasteiger partial charge on any atom is 0.274 e. The van der Waals surface area contributed by atoms with E-state index in [-0.39, 0.29) is 29.2 Å². The van der Waals surface area contributed by atoms with Crippen molar-refractivity contribution in [2.75, 3.05) is 36.4 Å². The van der Waals surface area contributed by atoms with Crippen LogP contribution >= 0.6 is 0 Å². The molecule has 0 spiro atoms. The Kier molecular flexibility index (Phi) is 6.20. The molecule has 1 fully saturated rings. The van der Waals surface area contributed by atoms with Crippen molar-refractivity contribution in [2.24, 2.45) is 5.92 Å². The smallest absolute Gasteiger partial charge is 0.274 e. The van der Waals surface area contributed by atoms with Crippen molar-refractivity contribution in [3.05, 3.63) is 72.2 Å². The maximum atomic E-state index is 14.1. The Morgan fingerprint density at radius 3 is 2.28 bits per heavy atom. The van der Waals surface area contributed by atoms with Crippen LogP contribution in [0.4, 0.5) is 15.9 Å². The van der Waals surface area contributed by atoms with E-state index in [9.17, 15) is 14.0 Å². The Morgan fingerprint density at radius 1 is 0.969 bits per heavy atom. The number of rotatable bonds is 5. The van der Waals surface area contributed by atoms with Gasteiger partial charge in [-0.1, -0.05) is 44.2 Å². The van der Waals surface area contributed by atoms with Gasteiger partial charge in [-0.2, -0.15) is 5.10 Å². The summed E-state index contributed by atoms with van der Waals surface area (Å²) >= 11 is 0. The van der Waals surface area contributed by atoms with Crippen LogP contribution in [0, 0.1) is 11.7 Å². The van der Waals surface area contributed by atoms with Crippen LogP contribution in [0.15, 0.2) is 60.7 Å². The van der Waals surface area contributed by atoms with E-state index in [1.54, 1.807) is 47.7 Å². The topological polar surface area (TPSA) is 70.5 Å². The fourth-order valence-corrected chi connectivity index (χ4v) is 3.63. The molecule has 4 rings (SSSR count). The number of nitrogens with one attached hydrogen (secondary N) is 1. The van der Waals surface area contributed by atoms with E-state index < -0.39 is 0 Å². The van der Waals surface area contributed by atoms with E-state index in [0.29, 0.717) is 37.7 Å². The van der Waals surface area contributed by atoms with Crippen LogP contribution in [0.5, 0.6) is 0 Å². The highest BCUT2D eigenvalue weighted by atomic mass is 19.1. The molecule has 2 heterocycles. The maximum absolute atomic E-state index is 14.1. The van der Waals surface area contributed by atoms with Crippen LogP contribution in [-0.2, 0) is 4.79 Å². The lowest BCUT2D eigenvalue weighted by Crippen LogP contribution is -2.49. The van der Waals surface area contributed by atoms with E-state index in [2.05, 4.69) is 10.4 Å². The predicted molar refractivity (Wildman–Crippen MR) is 122 cm³/mol. The summed E-state index contributed by atoms with van der Waals surface area (Å²) in [4.78, 5) is 29.1. The summed E-state index contributed by atoms with van der Waals surface area (Å²) in [6.45, 7) is 5.59. The average molecular weight is 436 g/mol. The van der Waals surface area contributed by atoms with E-state index in [4.69, 9.17) is 0 Å². The van der Waals surface area contributed by atoms with Crippen LogP contribution in [0.3, 0.4) is 0 Å². The zero-order valence-corrected chi connectivity index (χ0v) is 18.2. The fourth-order valence-electron chi connectivity index (χ4n) is 3.63. The number of para-hydroxylation sites is 2. The molecule has 7 nitrogen and oxygen atoms in total. The Bertz CT molecular complexity index is 1100. The van der Waals surface area contributed by atoms with Gasteiger partial charge in [0.15, 0.2) is 5.69 Å². The van der Waals surface area contributed by atoms with E-state index in [1.807, 2.05) is 35.2 Å². The minimum Gasteiger partial charge on any atom is -0.366 e. The number of halogens is 1. The van der Waals surface area contributed by atoms with Crippen LogP contribution in [0.1, 0.15) is 24.3 Å². The fraction of sp³-hybridized carbons (Fsp3) is 0.292. The Hall–Kier alpha value is -3.68. The summed E-state index contributed by atoms with van der Waals surface area (Å²) in [5.41, 5.74) is 1.55. The summed E-state index contributed by atoms with van der Waals surface area (Å²) < 4.78 is 15.7. The van der Waals surface area contributed by atoms with Crippen molar-refractivity contribution >= 4 is 23.3 Å². The molecule has 1 aliphatic heterocycles. The molecule has 0 bridgehead atoms. The van der Waals surface area contributed by atoms with Crippen molar-refractivity contribution in [1.29, 1.82) is 0 Å². The highest BCUT2D eigenvalue weighted by molar-refractivity contribution is 5.96. The minimum absolute atomic E-state index is 0.153. The normalized spacial score (nSPS) is 14.0. The van der Waals surface area contributed by atoms with Crippen molar-refractivity contribution < 1.29 is 14.0 Å². The largest absolute Gasteiger partial charge is 0.366 e. The number of carbonyl (C=O) groups is 2. The average Bonchev–Trinajstić information content (AvgIpc) is 3.23. The van der Waals surface area contributed by atoms with Crippen LogP contribution in [-0.4, -0.2) is 52.7 Å². The molecule has 1 aromatic heterocycles. The second kappa shape index (κ2) is 9.21. The van der Waals surface area contributed by atoms with E-state index >= 15 is 0 Å². The molecule has 3 aromatic rings. The highest BCUT2D eigenvalue weighted by Crippen LogP contribution is 2.22. The lowest BCUT2D eigenvalue weighted by Gasteiger charge is -2.35. The lowest BCUT2D eigenvalue weighted by atomic mass is 10.2. The number of hydrogen-bond acceptors (Lipinski definition) is 4. The molecule has 1 N–H and O–H groups in total. The van der Waals surface area contributed by atoms with Crippen LogP contribution in [0.25, 0.3) is 5.69 Å². The second-order valence-electron chi connectivity index (χ2n) is 8.04. The van der Waals surface area contributed by atoms with Crippen LogP contribution < -0.4 is 10.2 Å². The zero-order chi connectivity index (χ0) is 22.7. The summed E-state index contributed by atoms with van der Waals surface area (Å²) in [6.07, 6.45) is 0. The first-order valence-electron chi connectivity index (χ1n) is 10.7. The monoisotopic (exact) mass is 435 g/mol. The number of nitrogens with zero attached hydrogens (tertiary/aromatic N) is 4. The highest BCUT2D eigenvalue weighted by Gasteiger charge is 2.26. The summed E-state index contributed by atoms with van der Waals surface area (Å²) in [5, 5.41) is 7.36. The molecular formula is C24H26FN5O2. The SMILES string of the molecule is CC(C)C(=O)Nc1cc(C(=O)N2CCN(c3ccccc3F)CC2)nn1-c1ccccc1. The van der Waals surface area contributed by atoms with Crippen LogP contribution in [0.2, 0.25) is 0 Å². The summed E-state index contributed by atoms with van der Waals surface area (Å²) in [5.74, 6) is -0.394. The van der Waals surface area contributed by atoms with Gasteiger partial charge in [0.1, 0.15) is 11.6 Å². The Labute approximate surface area is 186 Å². The molecule has 1 saturated heterocycles. The van der Waals surface area contributed by atoms with Gasteiger partial charge in [0.25, 0.3) is 5.91 Å². The summed E-state index contributed by atoms with van der Waals surface area (Å²) in [6, 6.07) is 17.6. The van der Waals surface area contributed by atoms with Gasteiger partial charge in [-0.3, -0.25) is 9.59 Å². The number of amides is 2. The molecular weight excluding hydrogens is 409 g/mol. The predicted octanol–water partition coefficient (Wildman–Crippen LogP) is 3.57. The van der Waals surface area contributed by atoms with Crippen molar-refractivity contribution in [3.8, 4) is 5.69 Å². The van der Waals surface area contributed by atoms with Gasteiger partial charge in [-0.15, -0.1) is 0 Å². The van der Waals surface area contributed by atoms with Crippen molar-refractivity contribution in [1.82, 2.24) is 14.7 Å². The molecule has 0 atom stereocenters. The standard InChI is InChI=1S/C24H26FN5O2/c1-17(2)23(31)26-22-16-20(27-30(22)18-8-4-3-5-9-18)24(32)29-14-12-28(13-15-29)21-11-7-6-10-19(21)25/h3-11,16-17H,12-15H2,1-2H3,(H,26,31). The zero-order valence-electron chi connectivity index (χ0n) is 18.2. The van der Waals surface area contributed by atoms with Gasteiger partial charge in [-0.05, 0) is 24.3 Å². The van der Waals surface area contributed by atoms with Gasteiger partial charge in [0, 0.05) is 38.2 Å². The number of aromatic nitrogens is 2. The van der Waals surface area contributed by atoms with Gasteiger partial charge in [0.2, 0.25) is 5.91 Å². The molecule has 0 radical (unpaired) electrons. The number of piperazine rings is 1. The van der Waals surface area contributed by atoms with E-state index in [0.717, 1.165) is 5.69 Å². The number of anilines is 2. The number of carbonyl (C=O) groups excluding carboxylic acids is 2. The molecule has 1 aliphatic rings. The third-order valence-corrected chi connectivity index (χ3v) is 5.46. The molecule has 8 heteroatoms. The number of benzene rings is 2. The van der Waals surface area contributed by atoms with Crippen molar-refractivity contribution in [2.45, 2.75) is 13.8 Å². The van der Waals surface area contributed by atoms with Gasteiger partial charge in [-0.25, -0.2) is 9.07 Å². The van der Waals surface area contributed by atoms with Crippen molar-refractivity contribution in [3.63, 3.8) is 0 Å². The lowest BCUT2D eigenvalue weighted by molar-refractivity contribution is -0.118. The second-order valence-corrected chi connectivity index (χ2v) is 8.04. The molecule has 166 valence electrons. The number of hydrogen-bond donors (Lipinski definition) is 1. The van der Waals surface area contributed by atoms with Gasteiger partial charge in [0.05, 0.1) is 11.4 Å². The molecule has 0 unspecified atom stereocenters. The summed E-state index contributed by atoms with van der Waals surface area (Å²) in [7, 11) is 0. The third kappa shape index (κ3) is 4.49. The minimum atomic E-state index is -0.264. The molecule has 32 heavy (non-hydrogen) atoms. The molecule has 0 saturated carbocycles. The molecule has 0 aliphatic carbocycles. The molecule has 2 aromatic carbocycles. The Morgan fingerprint density at radius 2 is 1.62 bits per heavy atom. The first kappa shape index (κ1) is 21.5. The van der Waals surface area contributed by atoms with Gasteiger partial charge >= 0.3 is 0 Å². The Balaban J connectivity index is 1.53. The first-order chi connectivity index (χ1) is 15.4. The molecule has 2 amide bonds. The quantitative estimate of drug-likeness (QED) is 0.665. The van der Waals surface area contributed by atoms with E-state index in [1.165, 1.54) is 6.07 Å². The third-order valence-electron chi connectivity index (χ3n) is 5.46.